The van der Waals surface area contributed by atoms with Gasteiger partial charge in [0.15, 0.2) is 0 Å². The molecule has 6 nitrogen and oxygen atoms in total. The van der Waals surface area contributed by atoms with Crippen LogP contribution in [0.5, 0.6) is 0 Å². The van der Waals surface area contributed by atoms with Gasteiger partial charge in [0.1, 0.15) is 11.3 Å². The molecule has 0 bridgehead atoms. The zero-order chi connectivity index (χ0) is 36.6. The van der Waals surface area contributed by atoms with Gasteiger partial charge in [-0.2, -0.15) is 0 Å². The second-order valence-electron chi connectivity index (χ2n) is 14.6. The number of thioether (sulfide) groups is 1. The molecule has 270 valence electrons. The number of carbonyl (C=O) groups excluding carboxylic acids is 2. The third kappa shape index (κ3) is 8.21. The van der Waals surface area contributed by atoms with Crippen LogP contribution in [-0.4, -0.2) is 52.5 Å². The lowest BCUT2D eigenvalue weighted by Gasteiger charge is -2.55. The Bertz CT molecular complexity index is 1650. The zero-order valence-corrected chi connectivity index (χ0v) is 32.2. The first-order valence-corrected chi connectivity index (χ1v) is 19.3. The number of carbonyl (C=O) groups is 2. The maximum absolute atomic E-state index is 14.9. The van der Waals surface area contributed by atoms with Gasteiger partial charge >= 0.3 is 6.09 Å². The molecule has 4 aromatic carbocycles. The monoisotopic (exact) mass is 705 g/mol. The lowest BCUT2D eigenvalue weighted by molar-refractivity contribution is -0.0180. The maximum Gasteiger partial charge on any atom is 0.409 e. The average Bonchev–Trinajstić information content (AvgIpc) is 3.13. The van der Waals surface area contributed by atoms with Crippen LogP contribution >= 0.6 is 11.8 Å². The molecule has 0 aliphatic carbocycles. The summed E-state index contributed by atoms with van der Waals surface area (Å²) in [7, 11) is 0. The Balaban J connectivity index is 1.73. The van der Waals surface area contributed by atoms with E-state index in [0.717, 1.165) is 30.4 Å². The SMILES string of the molecule is CCCCC1(NC(=O)OC(C)(C)C)C(C(CC)SC(c2ccccc2)(c2ccccc2)c2ccccc2)NCCN1C(=O)c1cccc(C)c1C. The number of nitrogens with one attached hydrogen (secondary N) is 2. The summed E-state index contributed by atoms with van der Waals surface area (Å²) >= 11 is 1.90. The van der Waals surface area contributed by atoms with Gasteiger partial charge in [0.2, 0.25) is 0 Å². The summed E-state index contributed by atoms with van der Waals surface area (Å²) in [6, 6.07) is 37.7. The van der Waals surface area contributed by atoms with Crippen molar-refractivity contribution in [1.82, 2.24) is 15.5 Å². The highest BCUT2D eigenvalue weighted by molar-refractivity contribution is 8.01. The molecule has 0 aromatic heterocycles. The molecule has 51 heavy (non-hydrogen) atoms. The van der Waals surface area contributed by atoms with Gasteiger partial charge in [-0.3, -0.25) is 10.1 Å². The van der Waals surface area contributed by atoms with Crippen LogP contribution in [0.15, 0.2) is 109 Å². The van der Waals surface area contributed by atoms with Crippen molar-refractivity contribution in [3.63, 3.8) is 0 Å². The van der Waals surface area contributed by atoms with Crippen molar-refractivity contribution >= 4 is 23.8 Å². The highest BCUT2D eigenvalue weighted by Crippen LogP contribution is 2.52. The van der Waals surface area contributed by atoms with E-state index in [1.807, 2.05) is 69.5 Å². The van der Waals surface area contributed by atoms with Gasteiger partial charge in [-0.05, 0) is 87.8 Å². The van der Waals surface area contributed by atoms with Crippen LogP contribution in [-0.2, 0) is 9.48 Å². The lowest BCUT2D eigenvalue weighted by Crippen LogP contribution is -2.77. The Labute approximate surface area is 309 Å². The van der Waals surface area contributed by atoms with Crippen molar-refractivity contribution in [3.8, 4) is 0 Å². The Morgan fingerprint density at radius 1 is 0.863 bits per heavy atom. The Hall–Kier alpha value is -4.07. The first-order chi connectivity index (χ1) is 24.5. The molecule has 1 aliphatic heterocycles. The standard InChI is InChI=1S/C44H55N3O3S/c1-8-10-29-43(46-41(49)50-42(5,6)7)39(45-30-31-47(43)40(48)37-28-20-21-32(3)33(37)4)38(9-2)51-44(34-22-14-11-15-23-34,35-24-16-12-17-25-35)36-26-18-13-19-27-36/h11-28,38-39,45H,8-10,29-31H2,1-7H3,(H,46,49). The molecule has 3 atom stereocenters. The fraction of sp³-hybridized carbons (Fsp3) is 0.409. The third-order valence-electron chi connectivity index (χ3n) is 10.0. The molecule has 2 N–H and O–H groups in total. The van der Waals surface area contributed by atoms with Crippen molar-refractivity contribution in [2.75, 3.05) is 13.1 Å². The molecule has 7 heteroatoms. The average molecular weight is 706 g/mol. The van der Waals surface area contributed by atoms with Crippen molar-refractivity contribution < 1.29 is 14.3 Å². The summed E-state index contributed by atoms with van der Waals surface area (Å²) in [5.41, 5.74) is 4.41. The van der Waals surface area contributed by atoms with E-state index < -0.39 is 22.1 Å². The minimum atomic E-state index is -1.08. The van der Waals surface area contributed by atoms with Gasteiger partial charge in [-0.25, -0.2) is 4.79 Å². The lowest BCUT2D eigenvalue weighted by atomic mass is 9.84. The van der Waals surface area contributed by atoms with Gasteiger partial charge in [0.25, 0.3) is 5.91 Å². The molecule has 1 aliphatic rings. The first-order valence-electron chi connectivity index (χ1n) is 18.4. The summed E-state index contributed by atoms with van der Waals surface area (Å²) in [6.07, 6.45) is 2.55. The smallest absolute Gasteiger partial charge is 0.409 e. The topological polar surface area (TPSA) is 70.7 Å². The number of amides is 2. The summed E-state index contributed by atoms with van der Waals surface area (Å²) in [5.74, 6) is -0.0739. The van der Waals surface area contributed by atoms with Gasteiger partial charge < -0.3 is 15.0 Å². The third-order valence-corrected chi connectivity index (χ3v) is 12.0. The molecular formula is C44H55N3O3S. The van der Waals surface area contributed by atoms with Gasteiger partial charge in [-0.1, -0.05) is 123 Å². The van der Waals surface area contributed by atoms with Crippen LogP contribution in [0.2, 0.25) is 0 Å². The molecule has 1 fully saturated rings. The van der Waals surface area contributed by atoms with E-state index >= 15 is 0 Å². The second-order valence-corrected chi connectivity index (χ2v) is 16.1. The molecule has 0 saturated carbocycles. The summed E-state index contributed by atoms with van der Waals surface area (Å²) < 4.78 is 5.38. The summed E-state index contributed by atoms with van der Waals surface area (Å²) in [5, 5.41) is 7.23. The van der Waals surface area contributed by atoms with Crippen molar-refractivity contribution in [2.45, 2.75) is 101 Å². The Kier molecular flexibility index (Phi) is 12.4. The predicted octanol–water partition coefficient (Wildman–Crippen LogP) is 9.63. The van der Waals surface area contributed by atoms with Crippen LogP contribution in [0.4, 0.5) is 4.79 Å². The number of nitrogens with zero attached hydrogens (tertiary/aromatic N) is 1. The van der Waals surface area contributed by atoms with Crippen LogP contribution < -0.4 is 10.6 Å². The Morgan fingerprint density at radius 3 is 1.90 bits per heavy atom. The van der Waals surface area contributed by atoms with E-state index in [4.69, 9.17) is 4.74 Å². The number of unbranched alkanes of at least 4 members (excludes halogenated alkanes) is 1. The largest absolute Gasteiger partial charge is 0.444 e. The molecule has 4 aromatic rings. The summed E-state index contributed by atoms with van der Waals surface area (Å²) in [6.45, 7) is 15.1. The first kappa shape index (κ1) is 38.2. The van der Waals surface area contributed by atoms with E-state index in [0.29, 0.717) is 25.1 Å². The minimum absolute atomic E-state index is 0.0633. The quantitative estimate of drug-likeness (QED) is 0.144. The minimum Gasteiger partial charge on any atom is -0.444 e. The van der Waals surface area contributed by atoms with Crippen molar-refractivity contribution in [2.24, 2.45) is 0 Å². The molecule has 1 saturated heterocycles. The Morgan fingerprint density at radius 2 is 1.41 bits per heavy atom. The number of rotatable bonds is 12. The number of piperazine rings is 1. The number of benzene rings is 4. The van der Waals surface area contributed by atoms with E-state index in [9.17, 15) is 9.59 Å². The van der Waals surface area contributed by atoms with Gasteiger partial charge in [0.05, 0.1) is 10.8 Å². The van der Waals surface area contributed by atoms with Crippen molar-refractivity contribution in [1.29, 1.82) is 0 Å². The highest BCUT2D eigenvalue weighted by Gasteiger charge is 2.54. The number of ether oxygens (including phenoxy) is 1. The molecule has 5 rings (SSSR count). The molecule has 3 unspecified atom stereocenters. The van der Waals surface area contributed by atoms with E-state index in [-0.39, 0.29) is 17.2 Å². The van der Waals surface area contributed by atoms with E-state index in [1.165, 1.54) is 16.7 Å². The fourth-order valence-electron chi connectivity index (χ4n) is 7.48. The molecule has 1 heterocycles. The van der Waals surface area contributed by atoms with Crippen LogP contribution in [0.1, 0.15) is 98.5 Å². The molecule has 0 spiro atoms. The normalized spacial score (nSPS) is 18.6. The number of hydrogen-bond acceptors (Lipinski definition) is 5. The number of aryl methyl sites for hydroxylation is 1. The van der Waals surface area contributed by atoms with E-state index in [2.05, 4.69) is 115 Å². The predicted molar refractivity (Wildman–Crippen MR) is 211 cm³/mol. The van der Waals surface area contributed by atoms with Crippen LogP contribution in [0, 0.1) is 13.8 Å². The molecule has 2 amide bonds. The van der Waals surface area contributed by atoms with E-state index in [1.54, 1.807) is 0 Å². The number of hydrogen-bond donors (Lipinski definition) is 2. The summed E-state index contributed by atoms with van der Waals surface area (Å²) in [4.78, 5) is 30.9. The molecule has 0 radical (unpaired) electrons. The van der Waals surface area contributed by atoms with Gasteiger partial charge in [-0.15, -0.1) is 11.8 Å². The van der Waals surface area contributed by atoms with Crippen molar-refractivity contribution in [3.05, 3.63) is 143 Å². The molecular weight excluding hydrogens is 651 g/mol. The highest BCUT2D eigenvalue weighted by atomic mass is 32.2. The maximum atomic E-state index is 14.9. The zero-order valence-electron chi connectivity index (χ0n) is 31.4. The van der Waals surface area contributed by atoms with Gasteiger partial charge in [0, 0.05) is 23.9 Å². The fourth-order valence-corrected chi connectivity index (χ4v) is 9.37. The number of alkyl carbamates (subject to hydrolysis) is 1. The second kappa shape index (κ2) is 16.5. The van der Waals surface area contributed by atoms with Crippen LogP contribution in [0.25, 0.3) is 0 Å². The van der Waals surface area contributed by atoms with Crippen LogP contribution in [0.3, 0.4) is 0 Å².